The molecule has 0 saturated carbocycles. The average molecular weight is 235 g/mol. The lowest BCUT2D eigenvalue weighted by Gasteiger charge is -2.20. The Kier molecular flexibility index (Phi) is 3.93. The molecule has 0 unspecified atom stereocenters. The van der Waals surface area contributed by atoms with E-state index in [1.807, 2.05) is 6.07 Å². The Morgan fingerprint density at radius 2 is 2.29 bits per heavy atom. The van der Waals surface area contributed by atoms with Crippen molar-refractivity contribution < 1.29 is 9.53 Å². The Labute approximate surface area is 101 Å². The summed E-state index contributed by atoms with van der Waals surface area (Å²) in [6.07, 6.45) is 2.68. The summed E-state index contributed by atoms with van der Waals surface area (Å²) in [4.78, 5) is 17.8. The van der Waals surface area contributed by atoms with E-state index in [1.165, 1.54) is 7.11 Å². The van der Waals surface area contributed by atoms with E-state index in [9.17, 15) is 4.79 Å². The minimum atomic E-state index is -0.346. The average Bonchev–Trinajstić information content (AvgIpc) is 2.67. The van der Waals surface area contributed by atoms with Crippen molar-refractivity contribution >= 4 is 11.8 Å². The van der Waals surface area contributed by atoms with E-state index in [4.69, 9.17) is 0 Å². The van der Waals surface area contributed by atoms with Gasteiger partial charge in [0.1, 0.15) is 5.82 Å². The van der Waals surface area contributed by atoms with Crippen LogP contribution in [0.4, 0.5) is 5.82 Å². The van der Waals surface area contributed by atoms with Gasteiger partial charge in [-0.3, -0.25) is 0 Å². The normalized spacial score (nSPS) is 16.4. The highest BCUT2D eigenvalue weighted by molar-refractivity contribution is 5.89. The summed E-state index contributed by atoms with van der Waals surface area (Å²) in [6.45, 7) is 3.97. The molecular weight excluding hydrogens is 218 g/mol. The molecule has 1 aliphatic rings. The van der Waals surface area contributed by atoms with Crippen LogP contribution in [0.25, 0.3) is 0 Å². The molecule has 2 rings (SSSR count). The van der Waals surface area contributed by atoms with Crippen molar-refractivity contribution in [1.82, 2.24) is 10.3 Å². The van der Waals surface area contributed by atoms with Crippen LogP contribution in [0.2, 0.25) is 0 Å². The highest BCUT2D eigenvalue weighted by Gasteiger charge is 2.11. The monoisotopic (exact) mass is 235 g/mol. The van der Waals surface area contributed by atoms with Gasteiger partial charge in [-0.2, -0.15) is 0 Å². The molecule has 0 aliphatic carbocycles. The van der Waals surface area contributed by atoms with E-state index < -0.39 is 0 Å². The summed E-state index contributed by atoms with van der Waals surface area (Å²) in [5, 5.41) is 3.34. The lowest BCUT2D eigenvalue weighted by Crippen LogP contribution is -2.28. The summed E-state index contributed by atoms with van der Waals surface area (Å²) in [6, 6.07) is 3.63. The number of hydrogen-bond acceptors (Lipinski definition) is 5. The third-order valence-electron chi connectivity index (χ3n) is 2.83. The molecule has 0 spiro atoms. The molecule has 0 radical (unpaired) electrons. The number of carbonyl (C=O) groups excluding carboxylic acids is 1. The van der Waals surface area contributed by atoms with Gasteiger partial charge in [-0.05, 0) is 25.1 Å². The van der Waals surface area contributed by atoms with Crippen molar-refractivity contribution in [3.05, 3.63) is 23.9 Å². The van der Waals surface area contributed by atoms with Crippen LogP contribution in [0.1, 0.15) is 16.8 Å². The molecule has 0 aromatic carbocycles. The molecule has 92 valence electrons. The van der Waals surface area contributed by atoms with E-state index in [-0.39, 0.29) is 5.97 Å². The molecule has 0 bridgehead atoms. The van der Waals surface area contributed by atoms with Crippen molar-refractivity contribution in [3.8, 4) is 0 Å². The zero-order chi connectivity index (χ0) is 12.1. The number of methoxy groups -OCH3 is 1. The Hall–Kier alpha value is -1.62. The fourth-order valence-corrected chi connectivity index (χ4v) is 1.89. The maximum atomic E-state index is 11.3. The van der Waals surface area contributed by atoms with Gasteiger partial charge in [-0.1, -0.05) is 0 Å². The van der Waals surface area contributed by atoms with Gasteiger partial charge in [-0.15, -0.1) is 0 Å². The van der Waals surface area contributed by atoms with Crippen LogP contribution in [-0.4, -0.2) is 44.2 Å². The van der Waals surface area contributed by atoms with Crippen molar-refractivity contribution in [1.29, 1.82) is 0 Å². The van der Waals surface area contributed by atoms with Crippen molar-refractivity contribution in [3.63, 3.8) is 0 Å². The van der Waals surface area contributed by atoms with Crippen LogP contribution in [0, 0.1) is 0 Å². The van der Waals surface area contributed by atoms with Crippen molar-refractivity contribution in [2.45, 2.75) is 6.42 Å². The molecule has 1 aromatic rings. The number of pyridine rings is 1. The lowest BCUT2D eigenvalue weighted by molar-refractivity contribution is 0.0600. The van der Waals surface area contributed by atoms with Gasteiger partial charge in [0.25, 0.3) is 0 Å². The Morgan fingerprint density at radius 3 is 3.00 bits per heavy atom. The first-order valence-corrected chi connectivity index (χ1v) is 5.81. The predicted molar refractivity (Wildman–Crippen MR) is 65.3 cm³/mol. The number of ether oxygens (including phenoxy) is 1. The van der Waals surface area contributed by atoms with E-state index in [0.717, 1.165) is 38.4 Å². The number of nitrogens with one attached hydrogen (secondary N) is 1. The number of aromatic nitrogens is 1. The molecule has 17 heavy (non-hydrogen) atoms. The largest absolute Gasteiger partial charge is 0.465 e. The minimum Gasteiger partial charge on any atom is -0.465 e. The third kappa shape index (κ3) is 2.94. The Morgan fingerprint density at radius 1 is 1.41 bits per heavy atom. The highest BCUT2D eigenvalue weighted by atomic mass is 16.5. The second kappa shape index (κ2) is 5.63. The summed E-state index contributed by atoms with van der Waals surface area (Å²) in [5.41, 5.74) is 0.490. The summed E-state index contributed by atoms with van der Waals surface area (Å²) in [5.74, 6) is 0.572. The SMILES string of the molecule is COC(=O)c1ccc(N2CCCNCC2)nc1. The van der Waals surface area contributed by atoms with Gasteiger partial charge in [-0.25, -0.2) is 9.78 Å². The van der Waals surface area contributed by atoms with Crippen LogP contribution in [0.15, 0.2) is 18.3 Å². The Bertz CT molecular complexity index is 370. The highest BCUT2D eigenvalue weighted by Crippen LogP contribution is 2.12. The summed E-state index contributed by atoms with van der Waals surface area (Å²) < 4.78 is 4.64. The molecule has 0 atom stereocenters. The van der Waals surface area contributed by atoms with Gasteiger partial charge in [0.2, 0.25) is 0 Å². The molecule has 1 aromatic heterocycles. The van der Waals surface area contributed by atoms with E-state index in [1.54, 1.807) is 12.3 Å². The molecule has 1 N–H and O–H groups in total. The summed E-state index contributed by atoms with van der Waals surface area (Å²) >= 11 is 0. The van der Waals surface area contributed by atoms with Gasteiger partial charge in [0.15, 0.2) is 0 Å². The van der Waals surface area contributed by atoms with Crippen LogP contribution in [0.3, 0.4) is 0 Å². The smallest absolute Gasteiger partial charge is 0.339 e. The van der Waals surface area contributed by atoms with Crippen molar-refractivity contribution in [2.24, 2.45) is 0 Å². The number of anilines is 1. The molecule has 1 fully saturated rings. The number of esters is 1. The van der Waals surface area contributed by atoms with E-state index in [2.05, 4.69) is 19.9 Å². The third-order valence-corrected chi connectivity index (χ3v) is 2.83. The predicted octanol–water partition coefficient (Wildman–Crippen LogP) is 0.668. The molecule has 5 nitrogen and oxygen atoms in total. The van der Waals surface area contributed by atoms with Crippen LogP contribution < -0.4 is 10.2 Å². The first-order valence-electron chi connectivity index (χ1n) is 5.81. The van der Waals surface area contributed by atoms with Crippen molar-refractivity contribution in [2.75, 3.05) is 38.2 Å². The minimum absolute atomic E-state index is 0.346. The molecule has 0 amide bonds. The van der Waals surface area contributed by atoms with Crippen LogP contribution in [-0.2, 0) is 4.74 Å². The summed E-state index contributed by atoms with van der Waals surface area (Å²) in [7, 11) is 1.37. The van der Waals surface area contributed by atoms with Crippen LogP contribution >= 0.6 is 0 Å². The molecule has 1 saturated heterocycles. The maximum absolute atomic E-state index is 11.3. The lowest BCUT2D eigenvalue weighted by atomic mass is 10.3. The second-order valence-electron chi connectivity index (χ2n) is 3.99. The van der Waals surface area contributed by atoms with Gasteiger partial charge in [0.05, 0.1) is 12.7 Å². The molecule has 1 aliphatic heterocycles. The van der Waals surface area contributed by atoms with Gasteiger partial charge < -0.3 is 15.0 Å². The molecule has 5 heteroatoms. The zero-order valence-electron chi connectivity index (χ0n) is 9.98. The fraction of sp³-hybridized carbons (Fsp3) is 0.500. The first kappa shape index (κ1) is 11.9. The number of carbonyl (C=O) groups is 1. The Balaban J connectivity index is 2.08. The zero-order valence-corrected chi connectivity index (χ0v) is 9.98. The van der Waals surface area contributed by atoms with Gasteiger partial charge in [0, 0.05) is 25.8 Å². The topological polar surface area (TPSA) is 54.5 Å². The van der Waals surface area contributed by atoms with E-state index >= 15 is 0 Å². The van der Waals surface area contributed by atoms with Gasteiger partial charge >= 0.3 is 5.97 Å². The second-order valence-corrected chi connectivity index (χ2v) is 3.99. The van der Waals surface area contributed by atoms with Crippen LogP contribution in [0.5, 0.6) is 0 Å². The number of hydrogen-bond donors (Lipinski definition) is 1. The number of nitrogens with zero attached hydrogens (tertiary/aromatic N) is 2. The molecule has 2 heterocycles. The van der Waals surface area contributed by atoms with E-state index in [0.29, 0.717) is 5.56 Å². The first-order chi connectivity index (χ1) is 8.31. The standard InChI is InChI=1S/C12H17N3O2/c1-17-12(16)10-3-4-11(14-9-10)15-7-2-5-13-6-8-15/h3-4,9,13H,2,5-8H2,1H3. The molecular formula is C12H17N3O2. The fourth-order valence-electron chi connectivity index (χ4n) is 1.89. The maximum Gasteiger partial charge on any atom is 0.339 e. The number of rotatable bonds is 2. The quantitative estimate of drug-likeness (QED) is 0.763.